The Balaban J connectivity index is 2.60. The molecule has 1 rings (SSSR count). The topological polar surface area (TPSA) is 46.9 Å². The SMILES string of the molecule is CC(C)=CC(=O)Nc1cnn(C)c1. The molecular weight excluding hydrogens is 166 g/mol. The highest BCUT2D eigenvalue weighted by Crippen LogP contribution is 2.03. The van der Waals surface area contributed by atoms with E-state index in [1.165, 1.54) is 0 Å². The predicted molar refractivity (Wildman–Crippen MR) is 51.3 cm³/mol. The van der Waals surface area contributed by atoms with Crippen molar-refractivity contribution in [1.29, 1.82) is 0 Å². The smallest absolute Gasteiger partial charge is 0.248 e. The van der Waals surface area contributed by atoms with Crippen LogP contribution in [0.25, 0.3) is 0 Å². The summed E-state index contributed by atoms with van der Waals surface area (Å²) in [5.74, 6) is -0.118. The van der Waals surface area contributed by atoms with Gasteiger partial charge in [-0.1, -0.05) is 5.57 Å². The zero-order chi connectivity index (χ0) is 9.84. The fourth-order valence-electron chi connectivity index (χ4n) is 0.926. The third kappa shape index (κ3) is 3.11. The van der Waals surface area contributed by atoms with Crippen LogP contribution in [-0.4, -0.2) is 15.7 Å². The maximum Gasteiger partial charge on any atom is 0.248 e. The number of amides is 1. The van der Waals surface area contributed by atoms with E-state index in [0.29, 0.717) is 5.69 Å². The Labute approximate surface area is 77.3 Å². The van der Waals surface area contributed by atoms with Gasteiger partial charge in [0.25, 0.3) is 0 Å². The molecule has 13 heavy (non-hydrogen) atoms. The standard InChI is InChI=1S/C9H13N3O/c1-7(2)4-9(13)11-8-5-10-12(3)6-8/h4-6H,1-3H3,(H,11,13). The molecule has 1 aromatic rings. The van der Waals surface area contributed by atoms with Gasteiger partial charge in [-0.05, 0) is 13.8 Å². The molecule has 0 unspecified atom stereocenters. The van der Waals surface area contributed by atoms with Gasteiger partial charge in [-0.15, -0.1) is 0 Å². The van der Waals surface area contributed by atoms with E-state index in [2.05, 4.69) is 10.4 Å². The molecule has 1 aromatic heterocycles. The zero-order valence-corrected chi connectivity index (χ0v) is 8.03. The van der Waals surface area contributed by atoms with Crippen LogP contribution in [0.5, 0.6) is 0 Å². The first-order valence-electron chi connectivity index (χ1n) is 4.02. The quantitative estimate of drug-likeness (QED) is 0.696. The number of allylic oxidation sites excluding steroid dienone is 1. The molecule has 0 saturated heterocycles. The fourth-order valence-corrected chi connectivity index (χ4v) is 0.926. The van der Waals surface area contributed by atoms with Crippen LogP contribution in [0.4, 0.5) is 5.69 Å². The number of aryl methyl sites for hydroxylation is 1. The molecular formula is C9H13N3O. The lowest BCUT2D eigenvalue weighted by Crippen LogP contribution is -2.07. The minimum atomic E-state index is -0.118. The van der Waals surface area contributed by atoms with E-state index in [4.69, 9.17) is 0 Å². The van der Waals surface area contributed by atoms with Crippen LogP contribution in [0.2, 0.25) is 0 Å². The summed E-state index contributed by atoms with van der Waals surface area (Å²) in [6, 6.07) is 0. The van der Waals surface area contributed by atoms with Crippen LogP contribution < -0.4 is 5.32 Å². The van der Waals surface area contributed by atoms with Crippen LogP contribution in [0.3, 0.4) is 0 Å². The van der Waals surface area contributed by atoms with Crippen molar-refractivity contribution in [2.75, 3.05) is 5.32 Å². The van der Waals surface area contributed by atoms with Crippen molar-refractivity contribution < 1.29 is 4.79 Å². The van der Waals surface area contributed by atoms with Crippen LogP contribution in [0, 0.1) is 0 Å². The summed E-state index contributed by atoms with van der Waals surface area (Å²) in [6.07, 6.45) is 4.90. The van der Waals surface area contributed by atoms with Gasteiger partial charge < -0.3 is 5.32 Å². The minimum Gasteiger partial charge on any atom is -0.320 e. The molecule has 4 nitrogen and oxygen atoms in total. The second-order valence-electron chi connectivity index (χ2n) is 3.11. The number of carbonyl (C=O) groups is 1. The Bertz CT molecular complexity index is 334. The molecule has 0 bridgehead atoms. The molecule has 0 radical (unpaired) electrons. The number of nitrogens with one attached hydrogen (secondary N) is 1. The Morgan fingerprint density at radius 3 is 2.77 bits per heavy atom. The molecule has 0 spiro atoms. The van der Waals surface area contributed by atoms with Crippen molar-refractivity contribution >= 4 is 11.6 Å². The van der Waals surface area contributed by atoms with Crippen LogP contribution in [-0.2, 0) is 11.8 Å². The first-order chi connectivity index (χ1) is 6.08. The molecule has 0 aliphatic carbocycles. The Hall–Kier alpha value is -1.58. The monoisotopic (exact) mass is 179 g/mol. The zero-order valence-electron chi connectivity index (χ0n) is 8.03. The average molecular weight is 179 g/mol. The number of aromatic nitrogens is 2. The van der Waals surface area contributed by atoms with Gasteiger partial charge in [0, 0.05) is 19.3 Å². The van der Waals surface area contributed by atoms with E-state index < -0.39 is 0 Å². The van der Waals surface area contributed by atoms with E-state index in [9.17, 15) is 4.79 Å². The summed E-state index contributed by atoms with van der Waals surface area (Å²) in [4.78, 5) is 11.2. The molecule has 0 saturated carbocycles. The lowest BCUT2D eigenvalue weighted by atomic mass is 10.3. The maximum absolute atomic E-state index is 11.2. The Kier molecular flexibility index (Phi) is 2.84. The maximum atomic E-state index is 11.2. The van der Waals surface area contributed by atoms with Gasteiger partial charge in [0.05, 0.1) is 11.9 Å². The number of anilines is 1. The highest BCUT2D eigenvalue weighted by atomic mass is 16.1. The van der Waals surface area contributed by atoms with E-state index in [1.54, 1.807) is 30.2 Å². The molecule has 70 valence electrons. The lowest BCUT2D eigenvalue weighted by Gasteiger charge is -1.96. The summed E-state index contributed by atoms with van der Waals surface area (Å²) < 4.78 is 1.64. The summed E-state index contributed by atoms with van der Waals surface area (Å²) >= 11 is 0. The highest BCUT2D eigenvalue weighted by Gasteiger charge is 1.99. The van der Waals surface area contributed by atoms with Gasteiger partial charge in [-0.25, -0.2) is 0 Å². The molecule has 0 fully saturated rings. The summed E-state index contributed by atoms with van der Waals surface area (Å²) in [7, 11) is 1.80. The van der Waals surface area contributed by atoms with Gasteiger partial charge >= 0.3 is 0 Å². The normalized spacial score (nSPS) is 9.46. The molecule has 0 aliphatic rings. The second-order valence-corrected chi connectivity index (χ2v) is 3.11. The van der Waals surface area contributed by atoms with E-state index >= 15 is 0 Å². The highest BCUT2D eigenvalue weighted by molar-refractivity contribution is 5.99. The summed E-state index contributed by atoms with van der Waals surface area (Å²) in [6.45, 7) is 3.76. The summed E-state index contributed by atoms with van der Waals surface area (Å²) in [5.41, 5.74) is 1.69. The van der Waals surface area contributed by atoms with Crippen molar-refractivity contribution in [2.24, 2.45) is 7.05 Å². The molecule has 4 heteroatoms. The molecule has 1 heterocycles. The van der Waals surface area contributed by atoms with Crippen molar-refractivity contribution in [3.8, 4) is 0 Å². The van der Waals surface area contributed by atoms with E-state index in [1.807, 2.05) is 13.8 Å². The molecule has 1 N–H and O–H groups in total. The van der Waals surface area contributed by atoms with Gasteiger partial charge in [-0.3, -0.25) is 9.48 Å². The molecule has 0 atom stereocenters. The Morgan fingerprint density at radius 1 is 1.62 bits per heavy atom. The van der Waals surface area contributed by atoms with Crippen molar-refractivity contribution in [2.45, 2.75) is 13.8 Å². The number of hydrogen-bond donors (Lipinski definition) is 1. The predicted octanol–water partition coefficient (Wildman–Crippen LogP) is 1.32. The third-order valence-electron chi connectivity index (χ3n) is 1.39. The van der Waals surface area contributed by atoms with Gasteiger partial charge in [-0.2, -0.15) is 5.10 Å². The molecule has 0 aromatic carbocycles. The lowest BCUT2D eigenvalue weighted by molar-refractivity contribution is -0.111. The van der Waals surface area contributed by atoms with Crippen LogP contribution in [0.1, 0.15) is 13.8 Å². The van der Waals surface area contributed by atoms with Crippen molar-refractivity contribution in [3.63, 3.8) is 0 Å². The van der Waals surface area contributed by atoms with Crippen molar-refractivity contribution in [3.05, 3.63) is 24.0 Å². The molecule has 0 aliphatic heterocycles. The number of hydrogen-bond acceptors (Lipinski definition) is 2. The van der Waals surface area contributed by atoms with Gasteiger partial charge in [0.1, 0.15) is 0 Å². The fraction of sp³-hybridized carbons (Fsp3) is 0.333. The number of carbonyl (C=O) groups excluding carboxylic acids is 1. The number of rotatable bonds is 2. The molecule has 1 amide bonds. The van der Waals surface area contributed by atoms with Gasteiger partial charge in [0.2, 0.25) is 5.91 Å². The van der Waals surface area contributed by atoms with Crippen LogP contribution >= 0.6 is 0 Å². The van der Waals surface area contributed by atoms with E-state index in [-0.39, 0.29) is 5.91 Å². The number of nitrogens with zero attached hydrogens (tertiary/aromatic N) is 2. The Morgan fingerprint density at radius 2 is 2.31 bits per heavy atom. The first kappa shape index (κ1) is 9.51. The average Bonchev–Trinajstić information content (AvgIpc) is 2.33. The van der Waals surface area contributed by atoms with Crippen molar-refractivity contribution in [1.82, 2.24) is 9.78 Å². The van der Waals surface area contributed by atoms with Crippen LogP contribution in [0.15, 0.2) is 24.0 Å². The first-order valence-corrected chi connectivity index (χ1v) is 4.02. The minimum absolute atomic E-state index is 0.118. The van der Waals surface area contributed by atoms with Gasteiger partial charge in [0.15, 0.2) is 0 Å². The van der Waals surface area contributed by atoms with E-state index in [0.717, 1.165) is 5.57 Å². The largest absolute Gasteiger partial charge is 0.320 e. The summed E-state index contributed by atoms with van der Waals surface area (Å²) in [5, 5.41) is 6.63. The second kappa shape index (κ2) is 3.89. The third-order valence-corrected chi connectivity index (χ3v) is 1.39.